The van der Waals surface area contributed by atoms with Crippen LogP contribution in [0, 0.1) is 6.92 Å². The van der Waals surface area contributed by atoms with Crippen molar-refractivity contribution in [1.82, 2.24) is 10.3 Å². The summed E-state index contributed by atoms with van der Waals surface area (Å²) >= 11 is 1.63. The third-order valence-electron chi connectivity index (χ3n) is 3.77. The average Bonchev–Trinajstić information content (AvgIpc) is 3.06. The van der Waals surface area contributed by atoms with Crippen molar-refractivity contribution in [2.45, 2.75) is 20.4 Å². The van der Waals surface area contributed by atoms with E-state index in [4.69, 9.17) is 0 Å². The summed E-state index contributed by atoms with van der Waals surface area (Å²) in [5.41, 5.74) is 4.15. The number of anilines is 1. The zero-order chi connectivity index (χ0) is 18.5. The van der Waals surface area contributed by atoms with E-state index in [9.17, 15) is 9.59 Å². The second kappa shape index (κ2) is 7.93. The van der Waals surface area contributed by atoms with Crippen LogP contribution in [-0.4, -0.2) is 16.8 Å². The van der Waals surface area contributed by atoms with Crippen LogP contribution in [-0.2, 0) is 11.3 Å². The van der Waals surface area contributed by atoms with Gasteiger partial charge in [0.05, 0.1) is 10.7 Å². The number of aromatic nitrogens is 1. The summed E-state index contributed by atoms with van der Waals surface area (Å²) in [5, 5.41) is 8.64. The first-order valence-electron chi connectivity index (χ1n) is 8.18. The van der Waals surface area contributed by atoms with Gasteiger partial charge in [0.2, 0.25) is 5.91 Å². The number of aryl methyl sites for hydroxylation is 1. The number of benzene rings is 2. The second-order valence-corrected chi connectivity index (χ2v) is 6.96. The molecule has 0 bridgehead atoms. The Kier molecular flexibility index (Phi) is 5.43. The molecule has 0 saturated carbocycles. The minimum atomic E-state index is -0.184. The summed E-state index contributed by atoms with van der Waals surface area (Å²) in [6, 6.07) is 14.8. The van der Waals surface area contributed by atoms with E-state index in [1.165, 1.54) is 6.92 Å². The molecule has 3 rings (SSSR count). The number of hydrogen-bond acceptors (Lipinski definition) is 4. The van der Waals surface area contributed by atoms with E-state index in [2.05, 4.69) is 15.6 Å². The fraction of sp³-hybridized carbons (Fsp3) is 0.150. The van der Waals surface area contributed by atoms with Crippen LogP contribution < -0.4 is 10.6 Å². The van der Waals surface area contributed by atoms with Crippen molar-refractivity contribution in [3.05, 3.63) is 70.0 Å². The van der Waals surface area contributed by atoms with Gasteiger partial charge in [0.25, 0.3) is 5.91 Å². The molecule has 1 heterocycles. The van der Waals surface area contributed by atoms with Crippen LogP contribution in [0.3, 0.4) is 0 Å². The molecule has 26 heavy (non-hydrogen) atoms. The van der Waals surface area contributed by atoms with Crippen molar-refractivity contribution in [3.63, 3.8) is 0 Å². The molecule has 132 valence electrons. The van der Waals surface area contributed by atoms with Gasteiger partial charge in [-0.15, -0.1) is 11.3 Å². The maximum absolute atomic E-state index is 12.3. The molecule has 1 aromatic heterocycles. The molecule has 2 N–H and O–H groups in total. The van der Waals surface area contributed by atoms with Gasteiger partial charge in [0.15, 0.2) is 0 Å². The van der Waals surface area contributed by atoms with E-state index >= 15 is 0 Å². The van der Waals surface area contributed by atoms with Gasteiger partial charge in [-0.2, -0.15) is 0 Å². The standard InChI is InChI=1S/C20H19N3O2S/c1-13(24)22-18-5-3-4-17(10-18)20(25)21-11-15-6-8-16(9-7-15)19-12-26-14(2)23-19/h3-10,12H,11H2,1-2H3,(H,21,25)(H,22,24). The molecule has 2 aromatic carbocycles. The lowest BCUT2D eigenvalue weighted by Gasteiger charge is -2.08. The smallest absolute Gasteiger partial charge is 0.251 e. The van der Waals surface area contributed by atoms with E-state index in [1.54, 1.807) is 35.6 Å². The van der Waals surface area contributed by atoms with Gasteiger partial charge in [0.1, 0.15) is 0 Å². The fourth-order valence-electron chi connectivity index (χ4n) is 2.52. The minimum absolute atomic E-state index is 0.169. The fourth-order valence-corrected chi connectivity index (χ4v) is 3.14. The van der Waals surface area contributed by atoms with Gasteiger partial charge in [-0.05, 0) is 30.7 Å². The van der Waals surface area contributed by atoms with Gasteiger partial charge >= 0.3 is 0 Å². The molecule has 2 amide bonds. The summed E-state index contributed by atoms with van der Waals surface area (Å²) < 4.78 is 0. The number of amides is 2. The number of thiazole rings is 1. The molecule has 5 nitrogen and oxygen atoms in total. The molecular weight excluding hydrogens is 346 g/mol. The molecule has 0 atom stereocenters. The van der Waals surface area contributed by atoms with Gasteiger partial charge in [-0.1, -0.05) is 30.3 Å². The monoisotopic (exact) mass is 365 g/mol. The lowest BCUT2D eigenvalue weighted by atomic mass is 10.1. The molecule has 0 aliphatic rings. The maximum Gasteiger partial charge on any atom is 0.251 e. The Labute approximate surface area is 156 Å². The lowest BCUT2D eigenvalue weighted by Crippen LogP contribution is -2.22. The summed E-state index contributed by atoms with van der Waals surface area (Å²) in [5.74, 6) is -0.352. The van der Waals surface area contributed by atoms with Crippen LogP contribution in [0.2, 0.25) is 0 Å². The van der Waals surface area contributed by atoms with E-state index in [0.29, 0.717) is 17.8 Å². The van der Waals surface area contributed by atoms with Gasteiger partial charge < -0.3 is 10.6 Å². The van der Waals surface area contributed by atoms with Crippen molar-refractivity contribution >= 4 is 28.8 Å². The number of hydrogen-bond donors (Lipinski definition) is 2. The molecular formula is C20H19N3O2S. The van der Waals surface area contributed by atoms with E-state index in [0.717, 1.165) is 21.8 Å². The zero-order valence-electron chi connectivity index (χ0n) is 14.6. The van der Waals surface area contributed by atoms with Crippen LogP contribution in [0.15, 0.2) is 53.9 Å². The topological polar surface area (TPSA) is 71.1 Å². The second-order valence-electron chi connectivity index (χ2n) is 5.89. The number of carbonyl (C=O) groups excluding carboxylic acids is 2. The highest BCUT2D eigenvalue weighted by Gasteiger charge is 2.07. The van der Waals surface area contributed by atoms with Crippen molar-refractivity contribution < 1.29 is 9.59 Å². The summed E-state index contributed by atoms with van der Waals surface area (Å²) in [6.45, 7) is 3.85. The van der Waals surface area contributed by atoms with Crippen molar-refractivity contribution in [1.29, 1.82) is 0 Å². The first-order chi connectivity index (χ1) is 12.5. The maximum atomic E-state index is 12.3. The number of carbonyl (C=O) groups is 2. The third kappa shape index (κ3) is 4.55. The van der Waals surface area contributed by atoms with Crippen LogP contribution >= 0.6 is 11.3 Å². The van der Waals surface area contributed by atoms with Gasteiger partial charge in [-0.3, -0.25) is 9.59 Å². The Morgan fingerprint density at radius 3 is 2.54 bits per heavy atom. The Hall–Kier alpha value is -2.99. The van der Waals surface area contributed by atoms with E-state index in [-0.39, 0.29) is 11.8 Å². The molecule has 0 aliphatic heterocycles. The Morgan fingerprint density at radius 1 is 1.12 bits per heavy atom. The Bertz CT molecular complexity index is 932. The highest BCUT2D eigenvalue weighted by molar-refractivity contribution is 7.09. The first kappa shape index (κ1) is 17.8. The molecule has 6 heteroatoms. The Morgan fingerprint density at radius 2 is 1.88 bits per heavy atom. The van der Waals surface area contributed by atoms with Crippen LogP contribution in [0.25, 0.3) is 11.3 Å². The predicted octanol–water partition coefficient (Wildman–Crippen LogP) is 4.01. The molecule has 3 aromatic rings. The van der Waals surface area contributed by atoms with E-state index < -0.39 is 0 Å². The highest BCUT2D eigenvalue weighted by Crippen LogP contribution is 2.21. The van der Waals surface area contributed by atoms with Crippen molar-refractivity contribution in [3.8, 4) is 11.3 Å². The molecule has 0 unspecified atom stereocenters. The van der Waals surface area contributed by atoms with Crippen molar-refractivity contribution in [2.75, 3.05) is 5.32 Å². The SMILES string of the molecule is CC(=O)Nc1cccc(C(=O)NCc2ccc(-c3csc(C)n3)cc2)c1. The molecule has 0 radical (unpaired) electrons. The van der Waals surface area contributed by atoms with Crippen LogP contribution in [0.5, 0.6) is 0 Å². The highest BCUT2D eigenvalue weighted by atomic mass is 32.1. The average molecular weight is 365 g/mol. The lowest BCUT2D eigenvalue weighted by molar-refractivity contribution is -0.114. The van der Waals surface area contributed by atoms with Crippen LogP contribution in [0.1, 0.15) is 27.9 Å². The number of nitrogens with zero attached hydrogens (tertiary/aromatic N) is 1. The van der Waals surface area contributed by atoms with Gasteiger partial charge in [-0.25, -0.2) is 4.98 Å². The van der Waals surface area contributed by atoms with Crippen molar-refractivity contribution in [2.24, 2.45) is 0 Å². The largest absolute Gasteiger partial charge is 0.348 e. The number of rotatable bonds is 5. The van der Waals surface area contributed by atoms with Crippen LogP contribution in [0.4, 0.5) is 5.69 Å². The Balaban J connectivity index is 1.61. The summed E-state index contributed by atoms with van der Waals surface area (Å²) in [4.78, 5) is 27.9. The normalized spacial score (nSPS) is 10.4. The summed E-state index contributed by atoms with van der Waals surface area (Å²) in [6.07, 6.45) is 0. The predicted molar refractivity (Wildman–Crippen MR) is 104 cm³/mol. The number of nitrogens with one attached hydrogen (secondary N) is 2. The molecule has 0 saturated heterocycles. The van der Waals surface area contributed by atoms with E-state index in [1.807, 2.05) is 36.6 Å². The molecule has 0 aliphatic carbocycles. The third-order valence-corrected chi connectivity index (χ3v) is 4.54. The van der Waals surface area contributed by atoms with Gasteiger partial charge in [0, 0.05) is 35.7 Å². The quantitative estimate of drug-likeness (QED) is 0.718. The zero-order valence-corrected chi connectivity index (χ0v) is 15.4. The summed E-state index contributed by atoms with van der Waals surface area (Å²) in [7, 11) is 0. The minimum Gasteiger partial charge on any atom is -0.348 e. The molecule has 0 spiro atoms. The first-order valence-corrected chi connectivity index (χ1v) is 9.06. The molecule has 0 fully saturated rings.